The van der Waals surface area contributed by atoms with E-state index in [-0.39, 0.29) is 5.25 Å². The molecule has 20 heavy (non-hydrogen) atoms. The molecule has 2 aliphatic heterocycles. The molecule has 0 saturated carbocycles. The number of hydrogen-bond donors (Lipinski definition) is 0. The van der Waals surface area contributed by atoms with Crippen LogP contribution in [0.25, 0.3) is 11.3 Å². The molecule has 1 aromatic heterocycles. The number of hydrogen-bond acceptors (Lipinski definition) is 2. The summed E-state index contributed by atoms with van der Waals surface area (Å²) in [6.45, 7) is 0. The molecule has 0 N–H and O–H groups in total. The SMILES string of the molecule is O=S1C2C=C(c3ccc(-n4cccn4)cc3)CC1CC2. The summed E-state index contributed by atoms with van der Waals surface area (Å²) in [6, 6.07) is 10.4. The molecule has 4 rings (SSSR count). The highest BCUT2D eigenvalue weighted by atomic mass is 32.2. The van der Waals surface area contributed by atoms with Crippen LogP contribution in [0.5, 0.6) is 0 Å². The first-order chi connectivity index (χ1) is 9.81. The first-order valence-corrected chi connectivity index (χ1v) is 8.29. The maximum atomic E-state index is 12.0. The molecule has 3 atom stereocenters. The molecule has 2 bridgehead atoms. The summed E-state index contributed by atoms with van der Waals surface area (Å²) in [7, 11) is -0.632. The minimum absolute atomic E-state index is 0.287. The lowest BCUT2D eigenvalue weighted by Crippen LogP contribution is -2.19. The van der Waals surface area contributed by atoms with E-state index in [2.05, 4.69) is 35.4 Å². The Kier molecular flexibility index (Phi) is 2.84. The van der Waals surface area contributed by atoms with Gasteiger partial charge >= 0.3 is 0 Å². The summed E-state index contributed by atoms with van der Waals surface area (Å²) in [6.07, 6.45) is 9.13. The van der Waals surface area contributed by atoms with Gasteiger partial charge in [0.05, 0.1) is 10.9 Å². The Labute approximate surface area is 120 Å². The van der Waals surface area contributed by atoms with Crippen molar-refractivity contribution < 1.29 is 4.21 Å². The Bertz CT molecular complexity index is 673. The predicted octanol–water partition coefficient (Wildman–Crippen LogP) is 2.94. The van der Waals surface area contributed by atoms with Gasteiger partial charge in [0.2, 0.25) is 0 Å². The van der Waals surface area contributed by atoms with Crippen molar-refractivity contribution in [1.29, 1.82) is 0 Å². The quantitative estimate of drug-likeness (QED) is 0.850. The monoisotopic (exact) mass is 284 g/mol. The Morgan fingerprint density at radius 1 is 1.20 bits per heavy atom. The number of nitrogens with zero attached hydrogens (tertiary/aromatic N) is 2. The summed E-state index contributed by atoms with van der Waals surface area (Å²) in [5, 5.41) is 4.90. The van der Waals surface area contributed by atoms with Crippen molar-refractivity contribution in [2.75, 3.05) is 0 Å². The zero-order valence-corrected chi connectivity index (χ0v) is 11.9. The van der Waals surface area contributed by atoms with Crippen LogP contribution in [-0.4, -0.2) is 24.5 Å². The highest BCUT2D eigenvalue weighted by Crippen LogP contribution is 2.38. The van der Waals surface area contributed by atoms with E-state index in [0.717, 1.165) is 24.9 Å². The summed E-state index contributed by atoms with van der Waals surface area (Å²) in [5.74, 6) is 0. The van der Waals surface area contributed by atoms with Gasteiger partial charge in [-0.15, -0.1) is 0 Å². The third-order valence-electron chi connectivity index (χ3n) is 4.24. The summed E-state index contributed by atoms with van der Waals surface area (Å²) in [4.78, 5) is 0. The lowest BCUT2D eigenvalue weighted by molar-refractivity contribution is 0.674. The topological polar surface area (TPSA) is 34.9 Å². The smallest absolute Gasteiger partial charge is 0.0645 e. The largest absolute Gasteiger partial charge is 0.259 e. The third-order valence-corrected chi connectivity index (χ3v) is 6.27. The molecule has 102 valence electrons. The van der Waals surface area contributed by atoms with E-state index in [4.69, 9.17) is 0 Å². The Hall–Kier alpha value is -1.68. The Morgan fingerprint density at radius 2 is 2.05 bits per heavy atom. The molecule has 1 fully saturated rings. The van der Waals surface area contributed by atoms with E-state index in [9.17, 15) is 4.21 Å². The fourth-order valence-electron chi connectivity index (χ4n) is 3.17. The normalized spacial score (nSPS) is 28.4. The maximum absolute atomic E-state index is 12.0. The number of fused-ring (bicyclic) bond motifs is 2. The average molecular weight is 284 g/mol. The van der Waals surface area contributed by atoms with Gasteiger partial charge in [0.1, 0.15) is 0 Å². The third kappa shape index (κ3) is 1.95. The van der Waals surface area contributed by atoms with E-state index in [1.165, 1.54) is 11.1 Å². The van der Waals surface area contributed by atoms with Crippen molar-refractivity contribution in [2.24, 2.45) is 0 Å². The Balaban J connectivity index is 1.64. The van der Waals surface area contributed by atoms with Crippen molar-refractivity contribution >= 4 is 16.4 Å². The van der Waals surface area contributed by atoms with Crippen molar-refractivity contribution in [1.82, 2.24) is 9.78 Å². The van der Waals surface area contributed by atoms with Crippen LogP contribution in [0.15, 0.2) is 48.8 Å². The van der Waals surface area contributed by atoms with Crippen molar-refractivity contribution in [2.45, 2.75) is 29.8 Å². The van der Waals surface area contributed by atoms with E-state index < -0.39 is 10.8 Å². The molecule has 3 nitrogen and oxygen atoms in total. The first-order valence-electron chi connectivity index (χ1n) is 7.02. The summed E-state index contributed by atoms with van der Waals surface area (Å²) >= 11 is 0. The van der Waals surface area contributed by atoms with Crippen LogP contribution in [0.1, 0.15) is 24.8 Å². The first kappa shape index (κ1) is 12.1. The molecule has 0 amide bonds. The second-order valence-electron chi connectivity index (χ2n) is 5.46. The van der Waals surface area contributed by atoms with Crippen LogP contribution in [-0.2, 0) is 10.8 Å². The number of aromatic nitrogens is 2. The zero-order chi connectivity index (χ0) is 13.5. The molecule has 2 aromatic rings. The van der Waals surface area contributed by atoms with Gasteiger partial charge in [-0.05, 0) is 48.6 Å². The van der Waals surface area contributed by atoms with Crippen molar-refractivity contribution in [3.63, 3.8) is 0 Å². The van der Waals surface area contributed by atoms with Crippen LogP contribution in [0.2, 0.25) is 0 Å². The molecule has 0 radical (unpaired) electrons. The second-order valence-corrected chi connectivity index (χ2v) is 7.39. The van der Waals surface area contributed by atoms with E-state index in [1.807, 2.05) is 16.9 Å². The van der Waals surface area contributed by atoms with Crippen molar-refractivity contribution in [3.8, 4) is 5.69 Å². The molecule has 1 aromatic carbocycles. The highest BCUT2D eigenvalue weighted by molar-refractivity contribution is 7.86. The lowest BCUT2D eigenvalue weighted by atomic mass is 10.0. The maximum Gasteiger partial charge on any atom is 0.0645 e. The molecule has 3 heterocycles. The van der Waals surface area contributed by atoms with Gasteiger partial charge in [-0.1, -0.05) is 18.2 Å². The minimum atomic E-state index is -0.632. The van der Waals surface area contributed by atoms with Crippen LogP contribution in [0.4, 0.5) is 0 Å². The number of allylic oxidation sites excluding steroid dienone is 1. The molecule has 3 unspecified atom stereocenters. The zero-order valence-electron chi connectivity index (χ0n) is 11.1. The fourth-order valence-corrected chi connectivity index (χ4v) is 5.04. The van der Waals surface area contributed by atoms with E-state index in [1.54, 1.807) is 6.20 Å². The lowest BCUT2D eigenvalue weighted by Gasteiger charge is -2.19. The standard InChI is InChI=1S/C16H16N2OS/c19-20-15-6-7-16(20)11-13(10-15)12-2-4-14(5-3-12)18-9-1-8-17-18/h1-5,8-10,15-16H,6-7,11H2. The van der Waals surface area contributed by atoms with Gasteiger partial charge in [0.25, 0.3) is 0 Å². The Morgan fingerprint density at radius 3 is 2.75 bits per heavy atom. The van der Waals surface area contributed by atoms with E-state index >= 15 is 0 Å². The van der Waals surface area contributed by atoms with Gasteiger partial charge in [-0.3, -0.25) is 4.21 Å². The summed E-state index contributed by atoms with van der Waals surface area (Å²) in [5.41, 5.74) is 3.69. The van der Waals surface area contributed by atoms with Gasteiger partial charge in [0.15, 0.2) is 0 Å². The van der Waals surface area contributed by atoms with Crippen LogP contribution in [0, 0.1) is 0 Å². The van der Waals surface area contributed by atoms with E-state index in [0.29, 0.717) is 5.25 Å². The van der Waals surface area contributed by atoms with Gasteiger partial charge in [0, 0.05) is 28.4 Å². The molecule has 0 aliphatic carbocycles. The molecule has 1 saturated heterocycles. The van der Waals surface area contributed by atoms with Gasteiger partial charge in [-0.2, -0.15) is 5.10 Å². The van der Waals surface area contributed by atoms with Gasteiger partial charge < -0.3 is 0 Å². The second kappa shape index (κ2) is 4.70. The molecular formula is C16H16N2OS. The van der Waals surface area contributed by atoms with Crippen LogP contribution >= 0.6 is 0 Å². The highest BCUT2D eigenvalue weighted by Gasteiger charge is 2.36. The number of benzene rings is 1. The predicted molar refractivity (Wildman–Crippen MR) is 81.1 cm³/mol. The summed E-state index contributed by atoms with van der Waals surface area (Å²) < 4.78 is 13.9. The van der Waals surface area contributed by atoms with Crippen LogP contribution in [0.3, 0.4) is 0 Å². The molecular weight excluding hydrogens is 268 g/mol. The molecule has 0 spiro atoms. The average Bonchev–Trinajstić information content (AvgIpc) is 3.06. The minimum Gasteiger partial charge on any atom is -0.259 e. The number of rotatable bonds is 2. The van der Waals surface area contributed by atoms with Gasteiger partial charge in [-0.25, -0.2) is 4.68 Å². The molecule has 2 aliphatic rings. The van der Waals surface area contributed by atoms with Crippen molar-refractivity contribution in [3.05, 3.63) is 54.4 Å². The molecule has 4 heteroatoms. The fraction of sp³-hybridized carbons (Fsp3) is 0.312. The van der Waals surface area contributed by atoms with Crippen LogP contribution < -0.4 is 0 Å².